The van der Waals surface area contributed by atoms with Crippen molar-refractivity contribution in [3.63, 3.8) is 0 Å². The quantitative estimate of drug-likeness (QED) is 0.303. The van der Waals surface area contributed by atoms with Crippen LogP contribution in [0.25, 0.3) is 0 Å². The lowest BCUT2D eigenvalue weighted by molar-refractivity contribution is -0.144. The third-order valence-electron chi connectivity index (χ3n) is 1.63. The van der Waals surface area contributed by atoms with Crippen LogP contribution in [0.2, 0.25) is 0 Å². The van der Waals surface area contributed by atoms with Gasteiger partial charge in [0.25, 0.3) is 0 Å². The fourth-order valence-electron chi connectivity index (χ4n) is 0.729. The fourth-order valence-corrected chi connectivity index (χ4v) is 0.729. The number of likely N-dealkylation sites (N-methyl/N-ethyl adjacent to an activating group) is 1. The molecular formula is C6H12F3N3O. The molecule has 3 N–H and O–H groups in total. The first-order chi connectivity index (χ1) is 5.78. The molecule has 0 amide bonds. The van der Waals surface area contributed by atoms with Crippen molar-refractivity contribution in [3.05, 3.63) is 0 Å². The van der Waals surface area contributed by atoms with E-state index in [1.807, 2.05) is 0 Å². The number of nitrogens with zero attached hydrogens (tertiary/aromatic N) is 2. The Balaban J connectivity index is 4.20. The maximum Gasteiger partial charge on any atom is 0.401 e. The van der Waals surface area contributed by atoms with Crippen LogP contribution in [0.3, 0.4) is 0 Å². The number of amidine groups is 1. The van der Waals surface area contributed by atoms with Gasteiger partial charge in [-0.2, -0.15) is 13.2 Å². The minimum atomic E-state index is -4.28. The Bertz CT molecular complexity index is 192. The monoisotopic (exact) mass is 199 g/mol. The molecule has 1 unspecified atom stereocenters. The van der Waals surface area contributed by atoms with Gasteiger partial charge in [-0.25, -0.2) is 0 Å². The molecule has 0 fully saturated rings. The highest BCUT2D eigenvalue weighted by Gasteiger charge is 2.31. The molecule has 0 heterocycles. The molecule has 4 nitrogen and oxygen atoms in total. The number of hydrogen-bond acceptors (Lipinski definition) is 3. The summed E-state index contributed by atoms with van der Waals surface area (Å²) in [7, 11) is 1.25. The second kappa shape index (κ2) is 4.31. The van der Waals surface area contributed by atoms with Gasteiger partial charge >= 0.3 is 6.18 Å². The zero-order chi connectivity index (χ0) is 10.6. The topological polar surface area (TPSA) is 61.9 Å². The van der Waals surface area contributed by atoms with Crippen molar-refractivity contribution in [1.29, 1.82) is 0 Å². The first-order valence-electron chi connectivity index (χ1n) is 3.52. The summed E-state index contributed by atoms with van der Waals surface area (Å²) in [6.45, 7) is 0.325. The molecule has 0 spiro atoms. The zero-order valence-corrected chi connectivity index (χ0v) is 7.34. The van der Waals surface area contributed by atoms with Crippen molar-refractivity contribution in [2.45, 2.75) is 19.1 Å². The highest BCUT2D eigenvalue weighted by Crippen LogP contribution is 2.16. The number of oxime groups is 1. The van der Waals surface area contributed by atoms with Gasteiger partial charge in [-0.05, 0) is 14.0 Å². The second-order valence-corrected chi connectivity index (χ2v) is 2.73. The fraction of sp³-hybridized carbons (Fsp3) is 0.833. The molecule has 0 aromatic carbocycles. The van der Waals surface area contributed by atoms with Gasteiger partial charge in [-0.15, -0.1) is 0 Å². The second-order valence-electron chi connectivity index (χ2n) is 2.73. The first kappa shape index (κ1) is 12.0. The molecule has 0 aliphatic carbocycles. The van der Waals surface area contributed by atoms with Crippen molar-refractivity contribution >= 4 is 5.84 Å². The summed E-state index contributed by atoms with van der Waals surface area (Å²) in [5.74, 6) is -0.244. The smallest absolute Gasteiger partial charge is 0.401 e. The van der Waals surface area contributed by atoms with Gasteiger partial charge in [0.15, 0.2) is 5.84 Å². The number of rotatable bonds is 3. The summed E-state index contributed by atoms with van der Waals surface area (Å²) in [5.41, 5.74) is 5.13. The van der Waals surface area contributed by atoms with Gasteiger partial charge in [0.1, 0.15) is 0 Å². The van der Waals surface area contributed by atoms with Crippen molar-refractivity contribution < 1.29 is 18.4 Å². The molecule has 13 heavy (non-hydrogen) atoms. The van der Waals surface area contributed by atoms with E-state index in [1.54, 1.807) is 0 Å². The molecule has 7 heteroatoms. The molecule has 0 aromatic rings. The van der Waals surface area contributed by atoms with Crippen LogP contribution in [0.4, 0.5) is 13.2 Å². The summed E-state index contributed by atoms with van der Waals surface area (Å²) in [6.07, 6.45) is -4.28. The third-order valence-corrected chi connectivity index (χ3v) is 1.63. The van der Waals surface area contributed by atoms with Crippen LogP contribution in [-0.2, 0) is 0 Å². The van der Waals surface area contributed by atoms with Crippen LogP contribution in [0.15, 0.2) is 5.16 Å². The van der Waals surface area contributed by atoms with Gasteiger partial charge < -0.3 is 10.9 Å². The summed E-state index contributed by atoms with van der Waals surface area (Å²) < 4.78 is 35.5. The average Bonchev–Trinajstić information content (AvgIpc) is 1.98. The maximum atomic E-state index is 11.8. The zero-order valence-electron chi connectivity index (χ0n) is 7.34. The SMILES string of the molecule is CC(C(N)=NO)N(C)CC(F)(F)F. The lowest BCUT2D eigenvalue weighted by Crippen LogP contribution is -2.44. The van der Waals surface area contributed by atoms with Crippen LogP contribution in [0.1, 0.15) is 6.92 Å². The number of hydrogen-bond donors (Lipinski definition) is 2. The van der Waals surface area contributed by atoms with Crippen molar-refractivity contribution in [2.75, 3.05) is 13.6 Å². The van der Waals surface area contributed by atoms with Crippen molar-refractivity contribution in [2.24, 2.45) is 10.9 Å². The van der Waals surface area contributed by atoms with E-state index >= 15 is 0 Å². The first-order valence-corrected chi connectivity index (χ1v) is 3.52. The molecule has 0 aliphatic rings. The highest BCUT2D eigenvalue weighted by atomic mass is 19.4. The largest absolute Gasteiger partial charge is 0.409 e. The Morgan fingerprint density at radius 2 is 2.08 bits per heavy atom. The minimum absolute atomic E-state index is 0.244. The van der Waals surface area contributed by atoms with Gasteiger partial charge in [0, 0.05) is 0 Å². The molecule has 0 radical (unpaired) electrons. The van der Waals surface area contributed by atoms with Gasteiger partial charge in [-0.1, -0.05) is 5.16 Å². The summed E-state index contributed by atoms with van der Waals surface area (Å²) in [4.78, 5) is 0.940. The Kier molecular flexibility index (Phi) is 3.99. The van der Waals surface area contributed by atoms with Crippen LogP contribution < -0.4 is 5.73 Å². The van der Waals surface area contributed by atoms with Crippen molar-refractivity contribution in [1.82, 2.24) is 4.90 Å². The van der Waals surface area contributed by atoms with Crippen LogP contribution >= 0.6 is 0 Å². The molecule has 0 bridgehead atoms. The number of halogens is 3. The Labute approximate surface area is 73.8 Å². The van der Waals surface area contributed by atoms with E-state index < -0.39 is 18.8 Å². The number of nitrogens with two attached hydrogens (primary N) is 1. The highest BCUT2D eigenvalue weighted by molar-refractivity contribution is 5.84. The van der Waals surface area contributed by atoms with E-state index in [4.69, 9.17) is 10.9 Å². The predicted octanol–water partition coefficient (Wildman–Crippen LogP) is 0.615. The van der Waals surface area contributed by atoms with Crippen molar-refractivity contribution in [3.8, 4) is 0 Å². The summed E-state index contributed by atoms with van der Waals surface area (Å²) in [6, 6.07) is -0.744. The Morgan fingerprint density at radius 1 is 1.62 bits per heavy atom. The van der Waals surface area contributed by atoms with Crippen LogP contribution in [-0.4, -0.2) is 41.8 Å². The maximum absolute atomic E-state index is 11.8. The van der Waals surface area contributed by atoms with Gasteiger partial charge in [0.2, 0.25) is 0 Å². The average molecular weight is 199 g/mol. The van der Waals surface area contributed by atoms with E-state index in [0.717, 1.165) is 4.90 Å². The Morgan fingerprint density at radius 3 is 2.38 bits per heavy atom. The molecule has 0 aromatic heterocycles. The van der Waals surface area contributed by atoms with Crippen LogP contribution in [0, 0.1) is 0 Å². The molecule has 0 saturated carbocycles. The summed E-state index contributed by atoms with van der Waals surface area (Å²) >= 11 is 0. The predicted molar refractivity (Wildman–Crippen MR) is 41.6 cm³/mol. The molecule has 1 atom stereocenters. The molecule has 0 aliphatic heterocycles. The van der Waals surface area contributed by atoms with E-state index in [9.17, 15) is 13.2 Å². The lowest BCUT2D eigenvalue weighted by atomic mass is 10.3. The molecule has 78 valence electrons. The van der Waals surface area contributed by atoms with E-state index in [0.29, 0.717) is 0 Å². The summed E-state index contributed by atoms with van der Waals surface area (Å²) in [5, 5.41) is 10.8. The Hall–Kier alpha value is -0.980. The van der Waals surface area contributed by atoms with E-state index in [-0.39, 0.29) is 5.84 Å². The van der Waals surface area contributed by atoms with Gasteiger partial charge in [0.05, 0.1) is 12.6 Å². The lowest BCUT2D eigenvalue weighted by Gasteiger charge is -2.24. The molecular weight excluding hydrogens is 187 g/mol. The molecule has 0 rings (SSSR count). The number of alkyl halides is 3. The van der Waals surface area contributed by atoms with Crippen LogP contribution in [0.5, 0.6) is 0 Å². The molecule has 0 saturated heterocycles. The minimum Gasteiger partial charge on any atom is -0.409 e. The normalized spacial score (nSPS) is 16.3. The van der Waals surface area contributed by atoms with E-state index in [1.165, 1.54) is 14.0 Å². The van der Waals surface area contributed by atoms with E-state index in [2.05, 4.69) is 5.16 Å². The van der Waals surface area contributed by atoms with Gasteiger partial charge in [-0.3, -0.25) is 4.90 Å². The standard InChI is InChI=1S/C6H12F3N3O/c1-4(5(10)11-13)12(2)3-6(7,8)9/h4,13H,3H2,1-2H3,(H2,10,11). The third kappa shape index (κ3) is 4.56.